The van der Waals surface area contributed by atoms with Gasteiger partial charge in [-0.2, -0.15) is 0 Å². The molecule has 2 heterocycles. The molecule has 0 spiro atoms. The summed E-state index contributed by atoms with van der Waals surface area (Å²) in [5.74, 6) is 0. The topological polar surface area (TPSA) is 3.24 Å². The van der Waals surface area contributed by atoms with E-state index < -0.39 is 0 Å². The van der Waals surface area contributed by atoms with Gasteiger partial charge in [-0.1, -0.05) is 0 Å². The third-order valence-corrected chi connectivity index (χ3v) is 3.71. The van der Waals surface area contributed by atoms with Crippen LogP contribution in [0.1, 0.15) is 5.56 Å². The van der Waals surface area contributed by atoms with Gasteiger partial charge in [0.1, 0.15) is 0 Å². The van der Waals surface area contributed by atoms with E-state index in [-0.39, 0.29) is 0 Å². The molecule has 0 saturated carbocycles. The summed E-state index contributed by atoms with van der Waals surface area (Å²) in [5.41, 5.74) is 2.96. The van der Waals surface area contributed by atoms with Gasteiger partial charge in [0.15, 0.2) is 0 Å². The van der Waals surface area contributed by atoms with Crippen LogP contribution >= 0.6 is 11.3 Å². The van der Waals surface area contributed by atoms with Crippen LogP contribution in [0.25, 0.3) is 10.1 Å². The zero-order valence-corrected chi connectivity index (χ0v) is 8.40. The first kappa shape index (κ1) is 7.39. The summed E-state index contributed by atoms with van der Waals surface area (Å²) in [4.78, 5) is 2.34. The summed E-state index contributed by atoms with van der Waals surface area (Å²) >= 11 is 1.84. The number of nitrogens with zero attached hydrogens (tertiary/aromatic N) is 1. The summed E-state index contributed by atoms with van der Waals surface area (Å²) in [7, 11) is 2.17. The van der Waals surface area contributed by atoms with Crippen molar-refractivity contribution in [2.45, 2.75) is 6.42 Å². The zero-order valence-electron chi connectivity index (χ0n) is 7.58. The molecular weight excluding hydrogens is 178 g/mol. The minimum absolute atomic E-state index is 1.17. The van der Waals surface area contributed by atoms with E-state index >= 15 is 0 Å². The predicted octanol–water partition coefficient (Wildman–Crippen LogP) is 2.89. The van der Waals surface area contributed by atoms with E-state index in [4.69, 9.17) is 0 Å². The first-order valence-electron chi connectivity index (χ1n) is 4.56. The van der Waals surface area contributed by atoms with Crippen LogP contribution in [0.15, 0.2) is 23.6 Å². The van der Waals surface area contributed by atoms with Crippen LogP contribution < -0.4 is 4.90 Å². The molecule has 2 aromatic rings. The Labute approximate surface area is 81.6 Å². The van der Waals surface area contributed by atoms with Crippen molar-refractivity contribution in [2.75, 3.05) is 18.5 Å². The van der Waals surface area contributed by atoms with Crippen molar-refractivity contribution in [3.8, 4) is 0 Å². The van der Waals surface area contributed by atoms with E-state index in [2.05, 4.69) is 35.5 Å². The van der Waals surface area contributed by atoms with Crippen molar-refractivity contribution >= 4 is 27.1 Å². The van der Waals surface area contributed by atoms with Gasteiger partial charge in [0.05, 0.1) is 0 Å². The number of likely N-dealkylation sites (N-methyl/N-ethyl adjacent to an activating group) is 1. The van der Waals surface area contributed by atoms with Crippen molar-refractivity contribution in [2.24, 2.45) is 0 Å². The van der Waals surface area contributed by atoms with Gasteiger partial charge in [-0.3, -0.25) is 0 Å². The van der Waals surface area contributed by atoms with Gasteiger partial charge in [-0.25, -0.2) is 0 Å². The van der Waals surface area contributed by atoms with Crippen molar-refractivity contribution in [1.82, 2.24) is 0 Å². The minimum Gasteiger partial charge on any atom is -0.374 e. The smallest absolute Gasteiger partial charge is 0.0403 e. The molecule has 0 fully saturated rings. The molecule has 0 saturated heterocycles. The Morgan fingerprint density at radius 1 is 1.31 bits per heavy atom. The third-order valence-electron chi connectivity index (χ3n) is 2.83. The number of rotatable bonds is 0. The van der Waals surface area contributed by atoms with E-state index in [0.717, 1.165) is 0 Å². The predicted molar refractivity (Wildman–Crippen MR) is 58.8 cm³/mol. The van der Waals surface area contributed by atoms with E-state index in [0.29, 0.717) is 0 Å². The SMILES string of the molecule is CN1CCc2c1ccc1sccc21. The maximum absolute atomic E-state index is 2.34. The summed E-state index contributed by atoms with van der Waals surface area (Å²) in [6.45, 7) is 1.17. The summed E-state index contributed by atoms with van der Waals surface area (Å²) in [5, 5.41) is 3.65. The molecule has 1 aliphatic rings. The highest BCUT2D eigenvalue weighted by atomic mass is 32.1. The maximum Gasteiger partial charge on any atom is 0.0403 e. The second-order valence-electron chi connectivity index (χ2n) is 3.57. The van der Waals surface area contributed by atoms with Crippen LogP contribution in [0.4, 0.5) is 5.69 Å². The highest BCUT2D eigenvalue weighted by molar-refractivity contribution is 7.17. The Bertz CT molecular complexity index is 458. The van der Waals surface area contributed by atoms with Crippen LogP contribution in [0.5, 0.6) is 0 Å². The van der Waals surface area contributed by atoms with Gasteiger partial charge in [0, 0.05) is 24.0 Å². The van der Waals surface area contributed by atoms with Crippen LogP contribution in [-0.4, -0.2) is 13.6 Å². The lowest BCUT2D eigenvalue weighted by Crippen LogP contribution is -2.12. The average Bonchev–Trinajstić information content (AvgIpc) is 2.70. The van der Waals surface area contributed by atoms with E-state index in [1.807, 2.05) is 11.3 Å². The Morgan fingerprint density at radius 2 is 2.23 bits per heavy atom. The Balaban J connectivity index is 2.39. The van der Waals surface area contributed by atoms with Crippen molar-refractivity contribution in [3.63, 3.8) is 0 Å². The van der Waals surface area contributed by atoms with Gasteiger partial charge >= 0.3 is 0 Å². The third kappa shape index (κ3) is 0.923. The van der Waals surface area contributed by atoms with Crippen molar-refractivity contribution in [1.29, 1.82) is 0 Å². The minimum atomic E-state index is 1.17. The second kappa shape index (κ2) is 2.48. The lowest BCUT2D eigenvalue weighted by Gasteiger charge is -2.11. The fourth-order valence-electron chi connectivity index (χ4n) is 2.11. The molecule has 1 nitrogen and oxygen atoms in total. The fourth-order valence-corrected chi connectivity index (χ4v) is 2.93. The largest absolute Gasteiger partial charge is 0.374 e. The molecule has 1 aromatic carbocycles. The van der Waals surface area contributed by atoms with Gasteiger partial charge in [-0.05, 0) is 40.9 Å². The second-order valence-corrected chi connectivity index (χ2v) is 4.51. The maximum atomic E-state index is 2.34. The lowest BCUT2D eigenvalue weighted by molar-refractivity contribution is 0.958. The van der Waals surface area contributed by atoms with Crippen molar-refractivity contribution < 1.29 is 0 Å². The number of benzene rings is 1. The number of hydrogen-bond donors (Lipinski definition) is 0. The molecule has 2 heteroatoms. The average molecular weight is 189 g/mol. The van der Waals surface area contributed by atoms with Gasteiger partial charge < -0.3 is 4.90 Å². The summed E-state index contributed by atoms with van der Waals surface area (Å²) in [6.07, 6.45) is 1.21. The molecule has 0 unspecified atom stereocenters. The van der Waals surface area contributed by atoms with Crippen LogP contribution in [0.2, 0.25) is 0 Å². The number of fused-ring (bicyclic) bond motifs is 3. The molecule has 3 rings (SSSR count). The standard InChI is InChI=1S/C11H11NS/c1-12-6-4-8-9-5-7-13-11(9)3-2-10(8)12/h2-3,5,7H,4,6H2,1H3. The van der Waals surface area contributed by atoms with Crippen LogP contribution in [0, 0.1) is 0 Å². The lowest BCUT2D eigenvalue weighted by atomic mass is 10.1. The molecule has 1 aliphatic heterocycles. The van der Waals surface area contributed by atoms with Crippen LogP contribution in [0.3, 0.4) is 0 Å². The molecule has 0 radical (unpaired) electrons. The molecule has 0 amide bonds. The number of hydrogen-bond acceptors (Lipinski definition) is 2. The van der Waals surface area contributed by atoms with E-state index in [1.54, 1.807) is 5.56 Å². The van der Waals surface area contributed by atoms with Gasteiger partial charge in [0.25, 0.3) is 0 Å². The first-order chi connectivity index (χ1) is 6.36. The molecule has 0 atom stereocenters. The molecule has 66 valence electrons. The molecule has 1 aromatic heterocycles. The quantitative estimate of drug-likeness (QED) is 0.616. The molecule has 0 bridgehead atoms. The number of anilines is 1. The molecular formula is C11H11NS. The van der Waals surface area contributed by atoms with E-state index in [1.165, 1.54) is 28.7 Å². The monoisotopic (exact) mass is 189 g/mol. The highest BCUT2D eigenvalue weighted by Crippen LogP contribution is 2.35. The van der Waals surface area contributed by atoms with Crippen LogP contribution in [-0.2, 0) is 6.42 Å². The summed E-state index contributed by atoms with van der Waals surface area (Å²) < 4.78 is 1.43. The fraction of sp³-hybridized carbons (Fsp3) is 0.273. The highest BCUT2D eigenvalue weighted by Gasteiger charge is 2.17. The first-order valence-corrected chi connectivity index (χ1v) is 5.44. The normalized spacial score (nSPS) is 15.3. The Kier molecular flexibility index (Phi) is 1.41. The molecule has 0 aliphatic carbocycles. The van der Waals surface area contributed by atoms with Gasteiger partial charge in [0.2, 0.25) is 0 Å². The molecule has 13 heavy (non-hydrogen) atoms. The number of thiophene rings is 1. The molecule has 0 N–H and O–H groups in total. The van der Waals surface area contributed by atoms with E-state index in [9.17, 15) is 0 Å². The summed E-state index contributed by atoms with van der Waals surface area (Å²) in [6, 6.07) is 6.74. The van der Waals surface area contributed by atoms with Gasteiger partial charge in [-0.15, -0.1) is 11.3 Å². The Hall–Kier alpha value is -1.02. The van der Waals surface area contributed by atoms with Crippen molar-refractivity contribution in [3.05, 3.63) is 29.1 Å². The zero-order chi connectivity index (χ0) is 8.84. The Morgan fingerprint density at radius 3 is 3.15 bits per heavy atom.